The number of halogens is 3. The largest absolute Gasteiger partial charge is 0.493 e. The molecule has 202 valence electrons. The third-order valence-corrected chi connectivity index (χ3v) is 7.60. The molecule has 10 heteroatoms. The van der Waals surface area contributed by atoms with Gasteiger partial charge in [-0.3, -0.25) is 4.79 Å². The molecular weight excluding hydrogens is 497 g/mol. The minimum Gasteiger partial charge on any atom is -0.493 e. The van der Waals surface area contributed by atoms with Crippen molar-refractivity contribution in [1.29, 1.82) is 0 Å². The molecule has 3 heterocycles. The van der Waals surface area contributed by atoms with Crippen LogP contribution in [0.1, 0.15) is 66.7 Å². The van der Waals surface area contributed by atoms with Crippen LogP contribution in [0.4, 0.5) is 19.0 Å². The summed E-state index contributed by atoms with van der Waals surface area (Å²) in [5, 5.41) is 13.0. The number of hydrogen-bond acceptors (Lipinski definition) is 6. The molecule has 5 rings (SSSR count). The highest BCUT2D eigenvalue weighted by atomic mass is 19.3. The Kier molecular flexibility index (Phi) is 6.94. The molecule has 2 aliphatic heterocycles. The number of aliphatic hydroxyl groups is 1. The zero-order valence-electron chi connectivity index (χ0n) is 21.7. The lowest BCUT2D eigenvalue weighted by Crippen LogP contribution is -2.36. The lowest BCUT2D eigenvalue weighted by Gasteiger charge is -2.32. The third-order valence-electron chi connectivity index (χ3n) is 7.60. The molecule has 1 amide bonds. The van der Waals surface area contributed by atoms with Crippen molar-refractivity contribution in [2.24, 2.45) is 0 Å². The zero-order chi connectivity index (χ0) is 27.2. The van der Waals surface area contributed by atoms with Crippen molar-refractivity contribution in [3.63, 3.8) is 0 Å². The minimum absolute atomic E-state index is 0.0429. The van der Waals surface area contributed by atoms with Crippen molar-refractivity contribution in [3.8, 4) is 5.75 Å². The van der Waals surface area contributed by atoms with Crippen molar-refractivity contribution in [2.75, 3.05) is 31.6 Å². The van der Waals surface area contributed by atoms with E-state index in [1.165, 1.54) is 12.1 Å². The van der Waals surface area contributed by atoms with Gasteiger partial charge in [0.25, 0.3) is 5.92 Å². The average Bonchev–Trinajstić information content (AvgIpc) is 3.39. The smallest absolute Gasteiger partial charge is 0.298 e. The summed E-state index contributed by atoms with van der Waals surface area (Å²) in [6.45, 7) is 5.45. The fourth-order valence-electron chi connectivity index (χ4n) is 5.56. The fraction of sp³-hybridized carbons (Fsp3) is 0.464. The minimum atomic E-state index is -3.69. The number of likely N-dealkylation sites (tertiary alicyclic amines) is 1. The summed E-state index contributed by atoms with van der Waals surface area (Å²) >= 11 is 0. The Morgan fingerprint density at radius 2 is 2.03 bits per heavy atom. The van der Waals surface area contributed by atoms with Crippen molar-refractivity contribution < 1.29 is 27.8 Å². The highest BCUT2D eigenvalue weighted by Crippen LogP contribution is 2.44. The summed E-state index contributed by atoms with van der Waals surface area (Å²) in [6.07, 6.45) is 2.32. The van der Waals surface area contributed by atoms with Crippen LogP contribution in [0.15, 0.2) is 24.3 Å². The number of fused-ring (bicyclic) bond motifs is 3. The Bertz CT molecular complexity index is 1390. The summed E-state index contributed by atoms with van der Waals surface area (Å²) in [5.41, 5.74) is 2.01. The van der Waals surface area contributed by atoms with Crippen LogP contribution in [-0.4, -0.2) is 52.2 Å². The maximum atomic E-state index is 15.2. The molecule has 2 aromatic carbocycles. The molecule has 0 unspecified atom stereocenters. The summed E-state index contributed by atoms with van der Waals surface area (Å²) in [4.78, 5) is 23.0. The van der Waals surface area contributed by atoms with Gasteiger partial charge in [0.1, 0.15) is 29.8 Å². The van der Waals surface area contributed by atoms with E-state index in [1.807, 2.05) is 11.0 Å². The molecule has 1 saturated heterocycles. The molecule has 0 aliphatic carbocycles. The molecule has 38 heavy (non-hydrogen) atoms. The maximum Gasteiger partial charge on any atom is 0.298 e. The Morgan fingerprint density at radius 3 is 2.71 bits per heavy atom. The van der Waals surface area contributed by atoms with Crippen LogP contribution in [0.25, 0.3) is 10.9 Å². The predicted octanol–water partition coefficient (Wildman–Crippen LogP) is 5.00. The molecule has 0 spiro atoms. The van der Waals surface area contributed by atoms with Gasteiger partial charge in [-0.2, -0.15) is 8.78 Å². The van der Waals surface area contributed by atoms with E-state index in [2.05, 4.69) is 10.3 Å². The number of aliphatic hydroxyl groups excluding tert-OH is 1. The SMILES string of the molecule is CC(=O)N1CCC(c2cc3c(N[C@H](C)c4cccc(C(F)(F)CO)c4F)nc(C)nc3c3c2OCC3)CC1. The molecule has 1 fully saturated rings. The number of rotatable bonds is 6. The zero-order valence-corrected chi connectivity index (χ0v) is 21.7. The number of carbonyl (C=O) groups is 1. The summed E-state index contributed by atoms with van der Waals surface area (Å²) in [7, 11) is 0. The van der Waals surface area contributed by atoms with Gasteiger partial charge in [0.15, 0.2) is 0 Å². The average molecular weight is 529 g/mol. The van der Waals surface area contributed by atoms with Crippen molar-refractivity contribution in [3.05, 3.63) is 58.2 Å². The van der Waals surface area contributed by atoms with E-state index in [9.17, 15) is 13.6 Å². The van der Waals surface area contributed by atoms with E-state index in [0.717, 1.165) is 46.7 Å². The molecule has 0 radical (unpaired) electrons. The standard InChI is InChI=1S/C28H31F3N4O3/c1-15(19-5-4-6-23(24(19)29)28(30,31)14-36)32-27-22-13-21(18-7-10-35(11-8-18)17(3)37)26-20(9-12-38-26)25(22)33-16(2)34-27/h4-6,13,15,18,36H,7-12,14H2,1-3H3,(H,32,33,34)/t15-/m1/s1. The fourth-order valence-corrected chi connectivity index (χ4v) is 5.56. The van der Waals surface area contributed by atoms with E-state index in [1.54, 1.807) is 20.8 Å². The first-order chi connectivity index (χ1) is 18.1. The number of anilines is 1. The number of nitrogens with zero attached hydrogens (tertiary/aromatic N) is 3. The van der Waals surface area contributed by atoms with E-state index in [4.69, 9.17) is 14.8 Å². The van der Waals surface area contributed by atoms with Crippen LogP contribution in [0, 0.1) is 12.7 Å². The van der Waals surface area contributed by atoms with Gasteiger partial charge in [-0.15, -0.1) is 0 Å². The van der Waals surface area contributed by atoms with Gasteiger partial charge in [-0.25, -0.2) is 14.4 Å². The number of amides is 1. The maximum absolute atomic E-state index is 15.2. The number of benzene rings is 2. The topological polar surface area (TPSA) is 87.6 Å². The number of piperidine rings is 1. The number of hydrogen-bond donors (Lipinski definition) is 2. The Labute approximate surface area is 219 Å². The summed E-state index contributed by atoms with van der Waals surface area (Å²) < 4.78 is 49.5. The van der Waals surface area contributed by atoms with Gasteiger partial charge in [-0.1, -0.05) is 12.1 Å². The number of aryl methyl sites for hydroxylation is 1. The van der Waals surface area contributed by atoms with Gasteiger partial charge >= 0.3 is 0 Å². The molecular formula is C28H31F3N4O3. The van der Waals surface area contributed by atoms with E-state index in [0.29, 0.717) is 37.8 Å². The number of carbonyl (C=O) groups excluding carboxylic acids is 1. The first-order valence-electron chi connectivity index (χ1n) is 12.9. The first-order valence-corrected chi connectivity index (χ1v) is 12.9. The number of nitrogens with one attached hydrogen (secondary N) is 1. The van der Waals surface area contributed by atoms with Gasteiger partial charge in [0.2, 0.25) is 5.91 Å². The van der Waals surface area contributed by atoms with Crippen molar-refractivity contribution in [1.82, 2.24) is 14.9 Å². The van der Waals surface area contributed by atoms with Gasteiger partial charge in [0.05, 0.1) is 23.7 Å². The second-order valence-electron chi connectivity index (χ2n) is 10.1. The Hall–Kier alpha value is -3.40. The monoisotopic (exact) mass is 528 g/mol. The normalized spacial score (nSPS) is 16.9. The molecule has 1 atom stereocenters. The molecule has 2 N–H and O–H groups in total. The highest BCUT2D eigenvalue weighted by molar-refractivity contribution is 5.94. The molecule has 7 nitrogen and oxygen atoms in total. The summed E-state index contributed by atoms with van der Waals surface area (Å²) in [5.74, 6) is -2.63. The first kappa shape index (κ1) is 26.2. The second-order valence-corrected chi connectivity index (χ2v) is 10.1. The quantitative estimate of drug-likeness (QED) is 0.469. The van der Waals surface area contributed by atoms with Gasteiger partial charge in [-0.05, 0) is 50.3 Å². The van der Waals surface area contributed by atoms with Gasteiger partial charge in [0, 0.05) is 42.9 Å². The van der Waals surface area contributed by atoms with Crippen LogP contribution < -0.4 is 10.1 Å². The van der Waals surface area contributed by atoms with Crippen LogP contribution in [0.2, 0.25) is 0 Å². The number of aromatic nitrogens is 2. The second kappa shape index (κ2) is 10.1. The number of ether oxygens (including phenoxy) is 1. The lowest BCUT2D eigenvalue weighted by atomic mass is 9.86. The van der Waals surface area contributed by atoms with E-state index >= 15 is 4.39 Å². The lowest BCUT2D eigenvalue weighted by molar-refractivity contribution is -0.129. The molecule has 0 saturated carbocycles. The number of alkyl halides is 2. The Balaban J connectivity index is 1.54. The molecule has 2 aliphatic rings. The molecule has 1 aromatic heterocycles. The van der Waals surface area contributed by atoms with Crippen LogP contribution >= 0.6 is 0 Å². The van der Waals surface area contributed by atoms with Gasteiger partial charge < -0.3 is 20.1 Å². The summed E-state index contributed by atoms with van der Waals surface area (Å²) in [6, 6.07) is 5.11. The van der Waals surface area contributed by atoms with Crippen LogP contribution in [-0.2, 0) is 17.1 Å². The highest BCUT2D eigenvalue weighted by Gasteiger charge is 2.35. The van der Waals surface area contributed by atoms with Crippen molar-refractivity contribution in [2.45, 2.75) is 57.9 Å². The van der Waals surface area contributed by atoms with Crippen LogP contribution in [0.5, 0.6) is 5.75 Å². The molecule has 0 bridgehead atoms. The third kappa shape index (κ3) is 4.66. The van der Waals surface area contributed by atoms with E-state index < -0.39 is 30.0 Å². The molecule has 3 aromatic rings. The van der Waals surface area contributed by atoms with Crippen molar-refractivity contribution >= 4 is 22.6 Å². The predicted molar refractivity (Wildman–Crippen MR) is 137 cm³/mol. The van der Waals surface area contributed by atoms with E-state index in [-0.39, 0.29) is 17.4 Å². The Morgan fingerprint density at radius 1 is 1.29 bits per heavy atom. The van der Waals surface area contributed by atoms with Crippen LogP contribution in [0.3, 0.4) is 0 Å².